The van der Waals surface area contributed by atoms with E-state index in [1.54, 1.807) is 18.9 Å². The van der Waals surface area contributed by atoms with Crippen LogP contribution in [0.1, 0.15) is 17.2 Å². The molecule has 0 spiro atoms. The third-order valence-electron chi connectivity index (χ3n) is 4.00. The summed E-state index contributed by atoms with van der Waals surface area (Å²) in [6, 6.07) is 15.7. The Morgan fingerprint density at radius 3 is 2.69 bits per heavy atom. The summed E-state index contributed by atoms with van der Waals surface area (Å²) in [6.07, 6.45) is 0. The number of likely N-dealkylation sites (N-methyl/N-ethyl adjacent to an activating group) is 1. The quantitative estimate of drug-likeness (QED) is 0.700. The van der Waals surface area contributed by atoms with Gasteiger partial charge in [0, 0.05) is 22.9 Å². The smallest absolute Gasteiger partial charge is 0.230 e. The molecule has 0 saturated heterocycles. The van der Waals surface area contributed by atoms with Gasteiger partial charge in [0.25, 0.3) is 0 Å². The van der Waals surface area contributed by atoms with E-state index in [1.165, 1.54) is 0 Å². The molecule has 1 N–H and O–H groups in total. The van der Waals surface area contributed by atoms with Crippen LogP contribution in [-0.4, -0.2) is 44.3 Å². The molecule has 0 bridgehead atoms. The zero-order chi connectivity index (χ0) is 18.9. The van der Waals surface area contributed by atoms with Gasteiger partial charge in [0.1, 0.15) is 5.75 Å². The normalized spacial score (nSPS) is 12.0. The molecule has 2 aromatic rings. The van der Waals surface area contributed by atoms with Gasteiger partial charge in [0.2, 0.25) is 5.91 Å². The van der Waals surface area contributed by atoms with Crippen molar-refractivity contribution in [3.8, 4) is 5.75 Å². The number of halogens is 1. The van der Waals surface area contributed by atoms with Crippen LogP contribution in [0, 0.1) is 0 Å². The number of hydrogen-bond acceptors (Lipinski definition) is 4. The molecule has 0 heterocycles. The van der Waals surface area contributed by atoms with Gasteiger partial charge in [-0.1, -0.05) is 41.9 Å². The topological polar surface area (TPSA) is 41.6 Å². The second-order valence-corrected chi connectivity index (χ2v) is 7.57. The molecular formula is C20H25ClN2O2S. The summed E-state index contributed by atoms with van der Waals surface area (Å²) in [4.78, 5) is 14.3. The lowest BCUT2D eigenvalue weighted by molar-refractivity contribution is -0.118. The SMILES string of the molecule is COc1ccccc1C(CNC(=O)CSCc1cccc(Cl)c1)N(C)C. The Balaban J connectivity index is 1.85. The van der Waals surface area contributed by atoms with Gasteiger partial charge in [-0.3, -0.25) is 4.79 Å². The van der Waals surface area contributed by atoms with Gasteiger partial charge in [-0.15, -0.1) is 11.8 Å². The van der Waals surface area contributed by atoms with Crippen LogP contribution < -0.4 is 10.1 Å². The Kier molecular flexibility index (Phi) is 8.29. The number of nitrogens with zero attached hydrogens (tertiary/aromatic N) is 1. The molecule has 0 aliphatic rings. The standard InChI is InChI=1S/C20H25ClN2O2S/c1-23(2)18(17-9-4-5-10-19(17)25-3)12-22-20(24)14-26-13-15-7-6-8-16(21)11-15/h4-11,18H,12-14H2,1-3H3,(H,22,24). The van der Waals surface area contributed by atoms with E-state index in [1.807, 2.05) is 62.6 Å². The van der Waals surface area contributed by atoms with E-state index in [4.69, 9.17) is 16.3 Å². The fourth-order valence-corrected chi connectivity index (χ4v) is 3.68. The van der Waals surface area contributed by atoms with Crippen LogP contribution in [0.2, 0.25) is 5.02 Å². The highest BCUT2D eigenvalue weighted by Crippen LogP contribution is 2.27. The number of benzene rings is 2. The molecule has 0 fully saturated rings. The molecule has 1 atom stereocenters. The third kappa shape index (κ3) is 6.24. The molecule has 6 heteroatoms. The summed E-state index contributed by atoms with van der Waals surface area (Å²) in [7, 11) is 5.66. The second kappa shape index (κ2) is 10.5. The third-order valence-corrected chi connectivity index (χ3v) is 5.24. The monoisotopic (exact) mass is 392 g/mol. The molecule has 4 nitrogen and oxygen atoms in total. The summed E-state index contributed by atoms with van der Waals surface area (Å²) in [5.41, 5.74) is 2.18. The first-order valence-corrected chi connectivity index (χ1v) is 9.92. The Hall–Kier alpha value is -1.69. The number of amides is 1. The molecule has 1 unspecified atom stereocenters. The Labute approximate surface area is 164 Å². The minimum atomic E-state index is 0.0266. The van der Waals surface area contributed by atoms with Crippen molar-refractivity contribution >= 4 is 29.3 Å². The van der Waals surface area contributed by atoms with Crippen LogP contribution in [0.15, 0.2) is 48.5 Å². The van der Waals surface area contributed by atoms with Crippen molar-refractivity contribution in [2.45, 2.75) is 11.8 Å². The van der Waals surface area contributed by atoms with Crippen molar-refractivity contribution in [2.75, 3.05) is 33.5 Å². The van der Waals surface area contributed by atoms with Crippen LogP contribution in [0.5, 0.6) is 5.75 Å². The van der Waals surface area contributed by atoms with Crippen LogP contribution in [0.3, 0.4) is 0 Å². The van der Waals surface area contributed by atoms with Crippen LogP contribution in [0.25, 0.3) is 0 Å². The lowest BCUT2D eigenvalue weighted by Crippen LogP contribution is -2.35. The predicted molar refractivity (Wildman–Crippen MR) is 110 cm³/mol. The van der Waals surface area contributed by atoms with Crippen LogP contribution in [-0.2, 0) is 10.5 Å². The number of carbonyl (C=O) groups is 1. The minimum Gasteiger partial charge on any atom is -0.496 e. The number of hydrogen-bond donors (Lipinski definition) is 1. The largest absolute Gasteiger partial charge is 0.496 e. The lowest BCUT2D eigenvalue weighted by atomic mass is 10.0. The van der Waals surface area contributed by atoms with Crippen molar-refractivity contribution in [2.24, 2.45) is 0 Å². The second-order valence-electron chi connectivity index (χ2n) is 6.15. The zero-order valence-corrected chi connectivity index (χ0v) is 16.9. The Morgan fingerprint density at radius 1 is 1.23 bits per heavy atom. The lowest BCUT2D eigenvalue weighted by Gasteiger charge is -2.26. The van der Waals surface area contributed by atoms with Gasteiger partial charge in [-0.05, 0) is 37.9 Å². The summed E-state index contributed by atoms with van der Waals surface area (Å²) in [5.74, 6) is 2.03. The van der Waals surface area contributed by atoms with Gasteiger partial charge in [0.15, 0.2) is 0 Å². The highest BCUT2D eigenvalue weighted by Gasteiger charge is 2.18. The number of nitrogens with one attached hydrogen (secondary N) is 1. The van der Waals surface area contributed by atoms with Gasteiger partial charge in [-0.2, -0.15) is 0 Å². The molecule has 0 radical (unpaired) electrons. The van der Waals surface area contributed by atoms with E-state index in [2.05, 4.69) is 10.2 Å². The van der Waals surface area contributed by atoms with Crippen LogP contribution >= 0.6 is 23.4 Å². The Bertz CT molecular complexity index is 724. The average Bonchev–Trinajstić information content (AvgIpc) is 2.62. The maximum atomic E-state index is 12.2. The van der Waals surface area contributed by atoms with Crippen LogP contribution in [0.4, 0.5) is 0 Å². The predicted octanol–water partition coefficient (Wildman–Crippen LogP) is 4.00. The van der Waals surface area contributed by atoms with Crippen molar-refractivity contribution in [3.05, 3.63) is 64.7 Å². The molecule has 0 aliphatic carbocycles. The number of carbonyl (C=O) groups excluding carboxylic acids is 1. The van der Waals surface area contributed by atoms with E-state index >= 15 is 0 Å². The molecule has 1 amide bonds. The van der Waals surface area contributed by atoms with Crippen molar-refractivity contribution in [3.63, 3.8) is 0 Å². The molecule has 2 rings (SSSR count). The molecule has 2 aromatic carbocycles. The van der Waals surface area contributed by atoms with E-state index < -0.39 is 0 Å². The van der Waals surface area contributed by atoms with Gasteiger partial charge < -0.3 is 15.0 Å². The number of thioether (sulfide) groups is 1. The average molecular weight is 393 g/mol. The van der Waals surface area contributed by atoms with E-state index in [-0.39, 0.29) is 11.9 Å². The highest BCUT2D eigenvalue weighted by molar-refractivity contribution is 7.99. The molecule has 0 aromatic heterocycles. The number of rotatable bonds is 9. The molecule has 140 valence electrons. The van der Waals surface area contributed by atoms with Crippen molar-refractivity contribution in [1.82, 2.24) is 10.2 Å². The number of methoxy groups -OCH3 is 1. The fourth-order valence-electron chi connectivity index (χ4n) is 2.66. The van der Waals surface area contributed by atoms with E-state index in [0.717, 1.165) is 27.7 Å². The number of ether oxygens (including phenoxy) is 1. The summed E-state index contributed by atoms with van der Waals surface area (Å²) >= 11 is 7.56. The van der Waals surface area contributed by atoms with Gasteiger partial charge >= 0.3 is 0 Å². The van der Waals surface area contributed by atoms with Gasteiger partial charge in [-0.25, -0.2) is 0 Å². The van der Waals surface area contributed by atoms with E-state index in [9.17, 15) is 4.79 Å². The first-order valence-electron chi connectivity index (χ1n) is 8.39. The molecule has 0 aliphatic heterocycles. The molecule has 26 heavy (non-hydrogen) atoms. The first kappa shape index (κ1) is 20.6. The van der Waals surface area contributed by atoms with Crippen molar-refractivity contribution in [1.29, 1.82) is 0 Å². The minimum absolute atomic E-state index is 0.0266. The fraction of sp³-hybridized carbons (Fsp3) is 0.350. The van der Waals surface area contributed by atoms with E-state index in [0.29, 0.717) is 12.3 Å². The van der Waals surface area contributed by atoms with Gasteiger partial charge in [0.05, 0.1) is 18.9 Å². The highest BCUT2D eigenvalue weighted by atomic mass is 35.5. The summed E-state index contributed by atoms with van der Waals surface area (Å²) in [5, 5.41) is 3.75. The maximum absolute atomic E-state index is 12.2. The number of para-hydroxylation sites is 1. The summed E-state index contributed by atoms with van der Waals surface area (Å²) < 4.78 is 5.45. The zero-order valence-electron chi connectivity index (χ0n) is 15.4. The molecule has 0 saturated carbocycles. The Morgan fingerprint density at radius 2 is 2.00 bits per heavy atom. The first-order chi connectivity index (χ1) is 12.5. The van der Waals surface area contributed by atoms with Crippen molar-refractivity contribution < 1.29 is 9.53 Å². The molecular weight excluding hydrogens is 368 g/mol. The maximum Gasteiger partial charge on any atom is 0.230 e. The summed E-state index contributed by atoms with van der Waals surface area (Å²) in [6.45, 7) is 0.532.